The number of aryl methyl sites for hydroxylation is 10. The number of rotatable bonds is 23. The van der Waals surface area contributed by atoms with Crippen molar-refractivity contribution in [1.82, 2.24) is 0 Å². The van der Waals surface area contributed by atoms with Crippen LogP contribution in [-0.4, -0.2) is 82.7 Å². The number of esters is 6. The van der Waals surface area contributed by atoms with Crippen LogP contribution in [0.15, 0.2) is 256 Å². The number of benzene rings is 10. The second-order valence-electron chi connectivity index (χ2n) is 26.9. The molecular formula is C95H96Cl20O18Zn5-10. The van der Waals surface area contributed by atoms with Crippen molar-refractivity contribution < 1.29 is 287 Å². The molecule has 10 aromatic carbocycles. The summed E-state index contributed by atoms with van der Waals surface area (Å²) in [5.74, 6) is 1.98. The normalized spacial score (nSPS) is 8.70. The van der Waals surface area contributed by atoms with Gasteiger partial charge in [0.1, 0.15) is 70.7 Å². The Balaban J connectivity index is -0.000000176. The molecule has 0 saturated heterocycles. The molecule has 18 nitrogen and oxygen atoms in total. The van der Waals surface area contributed by atoms with Crippen LogP contribution in [0.3, 0.4) is 0 Å². The van der Waals surface area contributed by atoms with Crippen molar-refractivity contribution in [2.24, 2.45) is 0 Å². The molecule has 0 unspecified atom stereocenters. The molecule has 0 fully saturated rings. The predicted octanol–water partition coefficient (Wildman–Crippen LogP) is -3.35. The quantitative estimate of drug-likeness (QED) is 0.0211. The van der Waals surface area contributed by atoms with Crippen molar-refractivity contribution in [3.8, 4) is 113 Å². The molecule has 4 N–H and O–H groups in total. The molecule has 0 aromatic heterocycles. The third kappa shape index (κ3) is 58.6. The van der Waals surface area contributed by atoms with Gasteiger partial charge in [-0.25, -0.2) is 28.8 Å². The van der Waals surface area contributed by atoms with Crippen LogP contribution in [-0.2, 0) is 104 Å². The van der Waals surface area contributed by atoms with E-state index in [0.29, 0.717) is 51.2 Å². The number of phenolic OH excluding ortho intramolecular Hbond substituents is 2. The van der Waals surface area contributed by atoms with Crippen LogP contribution in [0, 0.1) is 69.2 Å². The van der Waals surface area contributed by atoms with Gasteiger partial charge in [0, 0.05) is 34.9 Å². The van der Waals surface area contributed by atoms with Gasteiger partial charge in [0.15, 0.2) is 0 Å². The van der Waals surface area contributed by atoms with E-state index in [9.17, 15) is 39.0 Å². The minimum atomic E-state index is -0.931. The molecule has 0 aliphatic carbocycles. The maximum atomic E-state index is 11.8. The van der Waals surface area contributed by atoms with Gasteiger partial charge in [0.2, 0.25) is 0 Å². The van der Waals surface area contributed by atoms with E-state index in [1.54, 1.807) is 69.3 Å². The number of hydrogen-bond donors (Lipinski definition) is 4. The van der Waals surface area contributed by atoms with Crippen LogP contribution in [0.1, 0.15) is 76.4 Å². The molecule has 0 amide bonds. The van der Waals surface area contributed by atoms with Crippen LogP contribution < -0.4 is 162 Å². The molecule has 0 spiro atoms. The van der Waals surface area contributed by atoms with Crippen molar-refractivity contribution in [3.05, 3.63) is 312 Å². The zero-order valence-electron chi connectivity index (χ0n) is 77.2. The van der Waals surface area contributed by atoms with E-state index >= 15 is 0 Å². The van der Waals surface area contributed by atoms with E-state index in [1.807, 2.05) is 203 Å². The summed E-state index contributed by atoms with van der Waals surface area (Å²) < 4.78 is 42.9. The first kappa shape index (κ1) is 154. The van der Waals surface area contributed by atoms with E-state index in [1.165, 1.54) is 0 Å². The monoisotopic (exact) mass is 2540 g/mol. The van der Waals surface area contributed by atoms with Gasteiger partial charge >= 0.3 is 208 Å². The Bertz CT molecular complexity index is 5220. The average molecular weight is 2560 g/mol. The molecule has 0 saturated carbocycles. The van der Waals surface area contributed by atoms with Gasteiger partial charge in [-0.1, -0.05) is 161 Å². The Labute approximate surface area is 949 Å². The van der Waals surface area contributed by atoms with E-state index in [4.69, 9.17) is 145 Å². The summed E-state index contributed by atoms with van der Waals surface area (Å²) in [4.78, 5) is 69.4. The third-order valence-corrected chi connectivity index (χ3v) is 17.1. The van der Waals surface area contributed by atoms with Crippen LogP contribution in [0.5, 0.6) is 57.5 Å². The van der Waals surface area contributed by atoms with Gasteiger partial charge in [0.05, 0.1) is 13.2 Å². The molecule has 0 radical (unpaired) electrons. The van der Waals surface area contributed by atoms with Gasteiger partial charge in [0.25, 0.3) is 0 Å². The summed E-state index contributed by atoms with van der Waals surface area (Å²) in [5, 5.41) is 37.4. The molecule has 0 aliphatic rings. The van der Waals surface area contributed by atoms with Crippen LogP contribution in [0.2, 0.25) is 0 Å². The Kier molecular flexibility index (Phi) is 96.6. The summed E-state index contributed by atoms with van der Waals surface area (Å²) in [6.07, 6.45) is 3.36. The number of carbonyl (C=O) groups excluding carboxylic acids is 6. The number of aliphatic hydroxyl groups excluding tert-OH is 2. The van der Waals surface area contributed by atoms with Gasteiger partial charge in [-0.15, -0.1) is 0 Å². The minimum absolute atomic E-state index is 0. The zero-order chi connectivity index (χ0) is 96.9. The molecule has 0 heterocycles. The fourth-order valence-corrected chi connectivity index (χ4v) is 10.1. The van der Waals surface area contributed by atoms with Gasteiger partial charge in [-0.3, -0.25) is 0 Å². The van der Waals surface area contributed by atoms with Gasteiger partial charge in [-0.2, -0.15) is 0 Å². The molecule has 43 heteroatoms. The summed E-state index contributed by atoms with van der Waals surface area (Å²) in [5.41, 5.74) is 18.7. The second-order valence-corrected chi connectivity index (χ2v) is 50.0. The Morgan fingerprint density at radius 1 is 0.261 bits per heavy atom. The van der Waals surface area contributed by atoms with Crippen molar-refractivity contribution in [3.63, 3.8) is 0 Å². The SMILES string of the molecule is C=C(C)C(=O)Oc1cc(-c2ccc(C)c(O)c2)ccc1C.C=C(C)C(=O)Oc1cc(-c2ccc(C)c(OC(=O)C(=C)C)c2)ccc1C.C=CC(=O)Oc1cc(-c2ccc(C)c(O)c2)ccc1C.C=CC(=O)Oc1cc(-c2ccc(C)c(OC(=O)C=C)c2)ccc1C.Cc1ccc(-c2ccc(C)c(OCCO)c2)cc1OCCO.[Cl-].[Cl-].[Cl-].[Cl-].[Cl-].[Cl-].[Cl-].[Cl-].[Cl-].[Cl-].[Cl][Zn][Cl].[Cl][Zn][Cl].[Cl][Zn][Cl].[Cl][Zn][Cl].[Cl][Zn][Cl]. The van der Waals surface area contributed by atoms with Crippen molar-refractivity contribution >= 4 is 133 Å². The summed E-state index contributed by atoms with van der Waals surface area (Å²) in [6.45, 7) is 45.1. The second kappa shape index (κ2) is 86.8. The summed E-state index contributed by atoms with van der Waals surface area (Å²) in [6, 6.07) is 56.3. The molecule has 744 valence electrons. The number of aliphatic hydroxyl groups is 2. The summed E-state index contributed by atoms with van der Waals surface area (Å²) in [7, 11) is 49.5. The van der Waals surface area contributed by atoms with Crippen LogP contribution in [0.25, 0.3) is 55.6 Å². The van der Waals surface area contributed by atoms with Crippen LogP contribution in [0.4, 0.5) is 0 Å². The Hall–Kier alpha value is -4.50. The standard InChI is InChI=1S/C22H22O4.C20H18O4.C18H22O4.C18H18O3.C17H16O3.20ClH.5Zn/c1-13(2)21(23)25-19-11-17(9-7-15(19)5)18-10-8-16(6)20(12-18)26-22(24)14(3)4;1-5-19(21)23-17-11-15(9-7-13(17)3)16-10-8-14(4)18(12-16)24-20(22)6-2;1-13-3-5-15(11-17(13)21-9-7-19)16-6-4-14(2)18(12-16)22-10-8-20;1-11(2)18(20)21-17-10-15(8-6-13(17)4)14-7-5-12(3)16(19)9-14;1-4-17(19)20-16-10-14(8-6-12(16)3)13-7-5-11(2)15(18)9-13;;;;;;;;;;;;;;;;;;;;;;;;;/h7-12H,1,3H2,2,4-6H3;5-12H,1-2H2,3-4H3;3-6,11-12,19-20H,7-10H2,1-2H3;5-10,19H,1H2,2-4H3;4-10,18H,1H2,2-3H3;20*1H;;;;;/q;;;;;;;;;;;;;;;;;;;;;;;;;5*+2/p-20. The molecule has 0 atom stereocenters. The van der Waals surface area contributed by atoms with E-state index in [0.717, 1.165) is 141 Å². The number of hydrogen-bond acceptors (Lipinski definition) is 18. The van der Waals surface area contributed by atoms with E-state index < -0.39 is 112 Å². The fourth-order valence-electron chi connectivity index (χ4n) is 10.1. The van der Waals surface area contributed by atoms with Crippen molar-refractivity contribution in [2.75, 3.05) is 26.4 Å². The number of phenols is 2. The van der Waals surface area contributed by atoms with Gasteiger partial charge < -0.3 is 182 Å². The Morgan fingerprint density at radius 3 is 0.543 bits per heavy atom. The number of aromatic hydroxyl groups is 2. The van der Waals surface area contributed by atoms with E-state index in [2.05, 4.69) is 39.5 Å². The molecule has 10 rings (SSSR count). The fraction of sp³-hybridized carbons (Fsp3) is 0.179. The number of ether oxygens (including phenoxy) is 8. The molecule has 10 aromatic rings. The van der Waals surface area contributed by atoms with Crippen LogP contribution >= 0.6 is 96.9 Å². The zero-order valence-corrected chi connectivity index (χ0v) is 107. The van der Waals surface area contributed by atoms with Crippen molar-refractivity contribution in [2.45, 2.75) is 90.0 Å². The van der Waals surface area contributed by atoms with Crippen molar-refractivity contribution in [1.29, 1.82) is 0 Å². The Morgan fingerprint density at radius 2 is 0.399 bits per heavy atom. The first-order chi connectivity index (χ1) is 60.7. The third-order valence-electron chi connectivity index (χ3n) is 17.1. The topological polar surface area (TPSA) is 257 Å². The summed E-state index contributed by atoms with van der Waals surface area (Å²) >= 11 is -4.65. The molecule has 0 bridgehead atoms. The first-order valence-electron chi connectivity index (χ1n) is 38.4. The first-order valence-corrected chi connectivity index (χ1v) is 77.4. The molecular weight excluding hydrogens is 2470 g/mol. The van der Waals surface area contributed by atoms with E-state index in [-0.39, 0.29) is 162 Å². The number of carbonyl (C=O) groups is 6. The average Bonchev–Trinajstić information content (AvgIpc) is 0.825. The number of halogens is 20. The molecule has 0 aliphatic heterocycles. The predicted molar refractivity (Wildman–Crippen MR) is 503 cm³/mol. The maximum absolute atomic E-state index is 11.8. The van der Waals surface area contributed by atoms with Gasteiger partial charge in [-0.05, 0) is 262 Å². The molecule has 138 heavy (non-hydrogen) atoms.